The Morgan fingerprint density at radius 1 is 1.15 bits per heavy atom. The van der Waals surface area contributed by atoms with Crippen LogP contribution in [0, 0.1) is 0 Å². The Morgan fingerprint density at radius 2 is 1.96 bits per heavy atom. The molecule has 0 saturated heterocycles. The molecule has 6 nitrogen and oxygen atoms in total. The van der Waals surface area contributed by atoms with Crippen molar-refractivity contribution < 1.29 is 10.0 Å². The maximum absolute atomic E-state index is 13.3. The fraction of sp³-hybridized carbons (Fsp3) is 0.300. The summed E-state index contributed by atoms with van der Waals surface area (Å²) in [6.07, 6.45) is 2.88. The fourth-order valence-corrected chi connectivity index (χ4v) is 4.39. The molecule has 1 unspecified atom stereocenters. The number of carbonyl (C=O) groups is 1. The molecule has 2 aromatic rings. The first-order valence-corrected chi connectivity index (χ1v) is 9.88. The van der Waals surface area contributed by atoms with E-state index in [0.717, 1.165) is 35.4 Å². The van der Waals surface area contributed by atoms with Gasteiger partial charge < -0.3 is 21.6 Å². The molecule has 0 fully saturated rings. The number of benzene rings is 2. The van der Waals surface area contributed by atoms with Gasteiger partial charge in [-0.05, 0) is 43.1 Å². The summed E-state index contributed by atoms with van der Waals surface area (Å²) in [4.78, 5) is 16.2. The molecular formula is C20H24N4O2S. The first-order chi connectivity index (χ1) is 13.2. The van der Waals surface area contributed by atoms with Gasteiger partial charge in [-0.15, -0.1) is 11.8 Å². The molecule has 1 amide bonds. The molecule has 0 aliphatic carbocycles. The van der Waals surface area contributed by atoms with E-state index in [0.29, 0.717) is 18.7 Å². The number of thioether (sulfide) groups is 1. The van der Waals surface area contributed by atoms with Gasteiger partial charge in [0.2, 0.25) is 5.91 Å². The van der Waals surface area contributed by atoms with Crippen LogP contribution < -0.4 is 16.4 Å². The van der Waals surface area contributed by atoms with Crippen LogP contribution in [0.5, 0.6) is 0 Å². The van der Waals surface area contributed by atoms with Gasteiger partial charge in [0.25, 0.3) is 0 Å². The zero-order valence-corrected chi connectivity index (χ0v) is 15.9. The summed E-state index contributed by atoms with van der Waals surface area (Å²) in [7, 11) is 0. The van der Waals surface area contributed by atoms with E-state index in [1.165, 1.54) is 11.8 Å². The van der Waals surface area contributed by atoms with Crippen molar-refractivity contribution in [2.24, 2.45) is 16.6 Å². The summed E-state index contributed by atoms with van der Waals surface area (Å²) in [5.41, 5.74) is 13.7. The van der Waals surface area contributed by atoms with Crippen molar-refractivity contribution in [3.8, 4) is 0 Å². The topological polar surface area (TPSA) is 105 Å². The highest BCUT2D eigenvalue weighted by molar-refractivity contribution is 8.00. The van der Waals surface area contributed by atoms with Gasteiger partial charge in [0, 0.05) is 17.0 Å². The molecule has 1 heterocycles. The highest BCUT2D eigenvalue weighted by Gasteiger charge is 2.34. The molecule has 27 heavy (non-hydrogen) atoms. The van der Waals surface area contributed by atoms with E-state index in [9.17, 15) is 4.79 Å². The van der Waals surface area contributed by atoms with Crippen molar-refractivity contribution in [2.75, 3.05) is 18.0 Å². The summed E-state index contributed by atoms with van der Waals surface area (Å²) >= 11 is 1.54. The Labute approximate surface area is 163 Å². The van der Waals surface area contributed by atoms with Gasteiger partial charge in [-0.25, -0.2) is 0 Å². The smallest absolute Gasteiger partial charge is 0.245 e. The molecule has 142 valence electrons. The van der Waals surface area contributed by atoms with E-state index in [4.69, 9.17) is 16.7 Å². The molecule has 1 aliphatic heterocycles. The molecule has 1 atom stereocenters. The average molecular weight is 385 g/mol. The SMILES string of the molecule is NCCCCCN1C(=O)C(c2cccc(/C(N)=N/O)c2)Sc2ccccc21. The molecule has 0 saturated carbocycles. The third-order valence-electron chi connectivity index (χ3n) is 4.57. The van der Waals surface area contributed by atoms with Crippen molar-refractivity contribution in [3.05, 3.63) is 59.7 Å². The molecule has 2 aromatic carbocycles. The predicted molar refractivity (Wildman–Crippen MR) is 109 cm³/mol. The van der Waals surface area contributed by atoms with Gasteiger partial charge in [-0.2, -0.15) is 0 Å². The number of amidine groups is 1. The van der Waals surface area contributed by atoms with Gasteiger partial charge >= 0.3 is 0 Å². The average Bonchev–Trinajstić information content (AvgIpc) is 2.71. The Balaban J connectivity index is 1.90. The number of oxime groups is 1. The minimum atomic E-state index is -0.360. The molecule has 0 radical (unpaired) electrons. The third kappa shape index (κ3) is 4.26. The summed E-state index contributed by atoms with van der Waals surface area (Å²) in [6.45, 7) is 1.34. The second-order valence-corrected chi connectivity index (χ2v) is 7.56. The van der Waals surface area contributed by atoms with E-state index in [2.05, 4.69) is 5.16 Å². The van der Waals surface area contributed by atoms with Crippen LogP contribution in [0.4, 0.5) is 5.69 Å². The van der Waals surface area contributed by atoms with Crippen LogP contribution in [0.1, 0.15) is 35.6 Å². The molecular weight excluding hydrogens is 360 g/mol. The van der Waals surface area contributed by atoms with Crippen LogP contribution in [0.2, 0.25) is 0 Å². The van der Waals surface area contributed by atoms with Crippen LogP contribution in [0.25, 0.3) is 0 Å². The van der Waals surface area contributed by atoms with Gasteiger partial charge in [-0.1, -0.05) is 41.9 Å². The maximum Gasteiger partial charge on any atom is 0.245 e. The lowest BCUT2D eigenvalue weighted by Crippen LogP contribution is -2.38. The van der Waals surface area contributed by atoms with Gasteiger partial charge in [0.15, 0.2) is 5.84 Å². The number of rotatable bonds is 7. The van der Waals surface area contributed by atoms with E-state index >= 15 is 0 Å². The second-order valence-electron chi connectivity index (χ2n) is 6.42. The number of nitrogens with two attached hydrogens (primary N) is 2. The highest BCUT2D eigenvalue weighted by Crippen LogP contribution is 2.46. The molecule has 1 aliphatic rings. The van der Waals surface area contributed by atoms with Crippen LogP contribution >= 0.6 is 11.8 Å². The second kappa shape index (κ2) is 8.92. The number of carbonyl (C=O) groups excluding carboxylic acids is 1. The van der Waals surface area contributed by atoms with Gasteiger partial charge in [0.05, 0.1) is 5.69 Å². The molecule has 3 rings (SSSR count). The maximum atomic E-state index is 13.3. The standard InChI is InChI=1S/C20H24N4O2S/c21-11-4-1-5-12-24-16-9-2-3-10-17(16)27-18(20(24)25)14-7-6-8-15(13-14)19(22)23-26/h2-3,6-10,13,18,26H,1,4-5,11-12,21H2,(H2,22,23). The van der Waals surface area contributed by atoms with E-state index in [1.54, 1.807) is 6.07 Å². The van der Waals surface area contributed by atoms with E-state index < -0.39 is 0 Å². The quantitative estimate of drug-likeness (QED) is 0.224. The lowest BCUT2D eigenvalue weighted by atomic mass is 10.1. The predicted octanol–water partition coefficient (Wildman–Crippen LogP) is 3.09. The Hall–Kier alpha value is -2.51. The summed E-state index contributed by atoms with van der Waals surface area (Å²) in [5, 5.41) is 11.6. The van der Waals surface area contributed by atoms with E-state index in [-0.39, 0.29) is 17.0 Å². The van der Waals surface area contributed by atoms with Crippen LogP contribution in [-0.2, 0) is 4.79 Å². The van der Waals surface area contributed by atoms with E-state index in [1.807, 2.05) is 47.4 Å². The zero-order chi connectivity index (χ0) is 19.2. The Morgan fingerprint density at radius 3 is 2.74 bits per heavy atom. The van der Waals surface area contributed by atoms with Crippen molar-refractivity contribution in [3.63, 3.8) is 0 Å². The minimum absolute atomic E-state index is 0.0316. The minimum Gasteiger partial charge on any atom is -0.409 e. The van der Waals surface area contributed by atoms with Crippen molar-refractivity contribution in [1.82, 2.24) is 0 Å². The molecule has 7 heteroatoms. The number of anilines is 1. The highest BCUT2D eigenvalue weighted by atomic mass is 32.2. The molecule has 0 spiro atoms. The lowest BCUT2D eigenvalue weighted by Gasteiger charge is -2.34. The van der Waals surface area contributed by atoms with Crippen molar-refractivity contribution >= 4 is 29.2 Å². The number of para-hydroxylation sites is 1. The third-order valence-corrected chi connectivity index (χ3v) is 5.88. The normalized spacial score (nSPS) is 17.1. The summed E-state index contributed by atoms with van der Waals surface area (Å²) in [6, 6.07) is 15.3. The molecule has 5 N–H and O–H groups in total. The lowest BCUT2D eigenvalue weighted by molar-refractivity contribution is -0.118. The van der Waals surface area contributed by atoms with Crippen LogP contribution in [-0.4, -0.2) is 30.0 Å². The number of fused-ring (bicyclic) bond motifs is 1. The monoisotopic (exact) mass is 384 g/mol. The summed E-state index contributed by atoms with van der Waals surface area (Å²) in [5.74, 6) is 0.0901. The first-order valence-electron chi connectivity index (χ1n) is 9.00. The largest absolute Gasteiger partial charge is 0.409 e. The fourth-order valence-electron chi connectivity index (χ4n) is 3.17. The number of nitrogens with zero attached hydrogens (tertiary/aromatic N) is 2. The van der Waals surface area contributed by atoms with Gasteiger partial charge in [0.1, 0.15) is 5.25 Å². The van der Waals surface area contributed by atoms with Crippen molar-refractivity contribution in [2.45, 2.75) is 29.4 Å². The van der Waals surface area contributed by atoms with Crippen molar-refractivity contribution in [1.29, 1.82) is 0 Å². The first kappa shape index (κ1) is 19.3. The molecule has 0 aromatic heterocycles. The zero-order valence-electron chi connectivity index (χ0n) is 15.0. The Kier molecular flexibility index (Phi) is 6.36. The van der Waals surface area contributed by atoms with Crippen LogP contribution in [0.15, 0.2) is 58.6 Å². The molecule has 0 bridgehead atoms. The van der Waals surface area contributed by atoms with Gasteiger partial charge in [-0.3, -0.25) is 4.79 Å². The van der Waals surface area contributed by atoms with Crippen LogP contribution in [0.3, 0.4) is 0 Å². The number of hydrogen-bond donors (Lipinski definition) is 3. The number of amides is 1. The summed E-state index contributed by atoms with van der Waals surface area (Å²) < 4.78 is 0. The Bertz CT molecular complexity index is 840. The number of unbranched alkanes of at least 4 members (excludes halogenated alkanes) is 2. The number of hydrogen-bond acceptors (Lipinski definition) is 5.